The second-order valence-corrected chi connectivity index (χ2v) is 6.01. The molecule has 3 N–H and O–H groups in total. The molecule has 1 rings (SSSR count). The molecule has 0 radical (unpaired) electrons. The van der Waals surface area contributed by atoms with E-state index in [1.165, 1.54) is 0 Å². The van der Waals surface area contributed by atoms with Crippen LogP contribution in [0.3, 0.4) is 0 Å². The Morgan fingerprint density at radius 3 is 2.55 bits per heavy atom. The third-order valence-corrected chi connectivity index (χ3v) is 3.77. The van der Waals surface area contributed by atoms with Crippen molar-refractivity contribution in [2.24, 2.45) is 11.8 Å². The van der Waals surface area contributed by atoms with Gasteiger partial charge in [-0.3, -0.25) is 4.79 Å². The van der Waals surface area contributed by atoms with Gasteiger partial charge in [-0.1, -0.05) is 12.8 Å². The van der Waals surface area contributed by atoms with Gasteiger partial charge in [0.15, 0.2) is 0 Å². The lowest BCUT2D eigenvalue weighted by Crippen LogP contribution is -2.47. The Hall–Kier alpha value is -1.30. The fourth-order valence-electron chi connectivity index (χ4n) is 2.87. The molecule has 2 amide bonds. The van der Waals surface area contributed by atoms with Crippen LogP contribution in [0.1, 0.15) is 32.6 Å². The SMILES string of the molecule is CC(CN(C)C)NC(=O)NCC1CCCCC1C(=O)O. The zero-order chi connectivity index (χ0) is 15.1. The van der Waals surface area contributed by atoms with Crippen LogP contribution in [0.2, 0.25) is 0 Å². The average molecular weight is 285 g/mol. The van der Waals surface area contributed by atoms with Crippen LogP contribution in [-0.4, -0.2) is 55.2 Å². The van der Waals surface area contributed by atoms with Crippen LogP contribution in [0.4, 0.5) is 4.79 Å². The van der Waals surface area contributed by atoms with Crippen molar-refractivity contribution in [3.63, 3.8) is 0 Å². The molecular weight excluding hydrogens is 258 g/mol. The molecule has 20 heavy (non-hydrogen) atoms. The number of hydrogen-bond acceptors (Lipinski definition) is 3. The number of hydrogen-bond donors (Lipinski definition) is 3. The summed E-state index contributed by atoms with van der Waals surface area (Å²) in [6.45, 7) is 3.16. The lowest BCUT2D eigenvalue weighted by Gasteiger charge is -2.29. The lowest BCUT2D eigenvalue weighted by atomic mass is 9.79. The van der Waals surface area contributed by atoms with Crippen molar-refractivity contribution in [2.45, 2.75) is 38.6 Å². The van der Waals surface area contributed by atoms with Crippen LogP contribution >= 0.6 is 0 Å². The van der Waals surface area contributed by atoms with Crippen LogP contribution in [-0.2, 0) is 4.79 Å². The van der Waals surface area contributed by atoms with Crippen molar-refractivity contribution in [1.29, 1.82) is 0 Å². The number of carbonyl (C=O) groups excluding carboxylic acids is 1. The van der Waals surface area contributed by atoms with Crippen molar-refractivity contribution >= 4 is 12.0 Å². The summed E-state index contributed by atoms with van der Waals surface area (Å²) in [4.78, 5) is 24.9. The van der Waals surface area contributed by atoms with Crippen molar-refractivity contribution in [2.75, 3.05) is 27.2 Å². The number of carbonyl (C=O) groups is 2. The summed E-state index contributed by atoms with van der Waals surface area (Å²) in [7, 11) is 3.91. The fraction of sp³-hybridized carbons (Fsp3) is 0.857. The number of carboxylic acid groups (broad SMARTS) is 1. The first-order chi connectivity index (χ1) is 9.40. The topological polar surface area (TPSA) is 81.7 Å². The van der Waals surface area contributed by atoms with Gasteiger partial charge >= 0.3 is 12.0 Å². The Balaban J connectivity index is 2.33. The molecule has 0 aromatic heterocycles. The van der Waals surface area contributed by atoms with E-state index < -0.39 is 5.97 Å². The molecule has 0 bridgehead atoms. The van der Waals surface area contributed by atoms with Gasteiger partial charge in [0.25, 0.3) is 0 Å². The predicted molar refractivity (Wildman–Crippen MR) is 77.6 cm³/mol. The number of carboxylic acids is 1. The van der Waals surface area contributed by atoms with Gasteiger partial charge in [-0.15, -0.1) is 0 Å². The van der Waals surface area contributed by atoms with E-state index in [-0.39, 0.29) is 23.9 Å². The molecule has 0 aliphatic heterocycles. The summed E-state index contributed by atoms with van der Waals surface area (Å²) in [5, 5.41) is 14.8. The van der Waals surface area contributed by atoms with Crippen LogP contribution < -0.4 is 10.6 Å². The second kappa shape index (κ2) is 8.09. The molecule has 1 fully saturated rings. The van der Waals surface area contributed by atoms with Crippen LogP contribution in [0.5, 0.6) is 0 Å². The normalized spacial score (nSPS) is 24.2. The van der Waals surface area contributed by atoms with E-state index in [4.69, 9.17) is 0 Å². The number of aliphatic carboxylic acids is 1. The highest BCUT2D eigenvalue weighted by molar-refractivity contribution is 5.74. The van der Waals surface area contributed by atoms with Gasteiger partial charge < -0.3 is 20.6 Å². The highest BCUT2D eigenvalue weighted by atomic mass is 16.4. The molecular formula is C14H27N3O3. The van der Waals surface area contributed by atoms with E-state index in [9.17, 15) is 14.7 Å². The summed E-state index contributed by atoms with van der Waals surface area (Å²) in [6, 6.07) is -0.152. The minimum Gasteiger partial charge on any atom is -0.481 e. The van der Waals surface area contributed by atoms with Gasteiger partial charge in [-0.2, -0.15) is 0 Å². The van der Waals surface area contributed by atoms with Gasteiger partial charge in [0.05, 0.1) is 5.92 Å². The van der Waals surface area contributed by atoms with Crippen LogP contribution in [0.25, 0.3) is 0 Å². The molecule has 0 aromatic carbocycles. The minimum absolute atomic E-state index is 0.0520. The molecule has 6 heteroatoms. The number of likely N-dealkylation sites (N-methyl/N-ethyl adjacent to an activating group) is 1. The second-order valence-electron chi connectivity index (χ2n) is 6.01. The first-order valence-electron chi connectivity index (χ1n) is 7.32. The van der Waals surface area contributed by atoms with E-state index in [1.54, 1.807) is 0 Å². The summed E-state index contributed by atoms with van der Waals surface area (Å²) < 4.78 is 0. The molecule has 0 heterocycles. The maximum absolute atomic E-state index is 11.8. The summed E-state index contributed by atoms with van der Waals surface area (Å²) >= 11 is 0. The summed E-state index contributed by atoms with van der Waals surface area (Å²) in [5.41, 5.74) is 0. The monoisotopic (exact) mass is 285 g/mol. The molecule has 6 nitrogen and oxygen atoms in total. The molecule has 0 saturated heterocycles. The van der Waals surface area contributed by atoms with E-state index in [0.29, 0.717) is 6.54 Å². The smallest absolute Gasteiger partial charge is 0.315 e. The molecule has 0 aromatic rings. The quantitative estimate of drug-likeness (QED) is 0.683. The van der Waals surface area contributed by atoms with Gasteiger partial charge in [0.2, 0.25) is 0 Å². The van der Waals surface area contributed by atoms with E-state index in [2.05, 4.69) is 10.6 Å². The Morgan fingerprint density at radius 1 is 1.30 bits per heavy atom. The molecule has 0 spiro atoms. The Bertz CT molecular complexity index is 334. The van der Waals surface area contributed by atoms with Gasteiger partial charge in [0, 0.05) is 19.1 Å². The standard InChI is InChI=1S/C14H27N3O3/c1-10(9-17(2)3)16-14(20)15-8-11-6-4-5-7-12(11)13(18)19/h10-12H,4-9H2,1-3H3,(H,18,19)(H2,15,16,20). The third-order valence-electron chi connectivity index (χ3n) is 3.77. The zero-order valence-electron chi connectivity index (χ0n) is 12.7. The maximum atomic E-state index is 11.8. The first-order valence-corrected chi connectivity index (χ1v) is 7.32. The highest BCUT2D eigenvalue weighted by Gasteiger charge is 2.30. The van der Waals surface area contributed by atoms with E-state index in [0.717, 1.165) is 32.2 Å². The Morgan fingerprint density at radius 2 is 1.95 bits per heavy atom. The number of nitrogens with zero attached hydrogens (tertiary/aromatic N) is 1. The van der Waals surface area contributed by atoms with Crippen molar-refractivity contribution in [1.82, 2.24) is 15.5 Å². The molecule has 116 valence electrons. The molecule has 1 aliphatic rings. The predicted octanol–water partition coefficient (Wildman–Crippen LogP) is 1.13. The number of rotatable bonds is 6. The molecule has 1 saturated carbocycles. The van der Waals surface area contributed by atoms with Gasteiger partial charge in [-0.25, -0.2) is 4.79 Å². The number of amides is 2. The van der Waals surface area contributed by atoms with Crippen LogP contribution in [0.15, 0.2) is 0 Å². The number of nitrogens with one attached hydrogen (secondary N) is 2. The largest absolute Gasteiger partial charge is 0.481 e. The molecule has 1 aliphatic carbocycles. The van der Waals surface area contributed by atoms with Crippen LogP contribution in [0, 0.1) is 11.8 Å². The van der Waals surface area contributed by atoms with E-state index >= 15 is 0 Å². The first kappa shape index (κ1) is 16.8. The van der Waals surface area contributed by atoms with Crippen molar-refractivity contribution in [3.8, 4) is 0 Å². The zero-order valence-corrected chi connectivity index (χ0v) is 12.7. The minimum atomic E-state index is -0.738. The summed E-state index contributed by atoms with van der Waals surface area (Å²) in [5.74, 6) is -1.00. The fourth-order valence-corrected chi connectivity index (χ4v) is 2.87. The third kappa shape index (κ3) is 5.77. The van der Waals surface area contributed by atoms with Crippen molar-refractivity contribution in [3.05, 3.63) is 0 Å². The molecule has 3 atom stereocenters. The van der Waals surface area contributed by atoms with Gasteiger partial charge in [-0.05, 0) is 39.8 Å². The summed E-state index contributed by atoms with van der Waals surface area (Å²) in [6.07, 6.45) is 3.62. The Kier molecular flexibility index (Phi) is 6.78. The van der Waals surface area contributed by atoms with Crippen molar-refractivity contribution < 1.29 is 14.7 Å². The lowest BCUT2D eigenvalue weighted by molar-refractivity contribution is -0.144. The molecule has 3 unspecified atom stereocenters. The van der Waals surface area contributed by atoms with E-state index in [1.807, 2.05) is 25.9 Å². The average Bonchev–Trinajstić information content (AvgIpc) is 2.35. The maximum Gasteiger partial charge on any atom is 0.315 e. The number of urea groups is 1. The Labute approximate surface area is 120 Å². The van der Waals surface area contributed by atoms with Gasteiger partial charge in [0.1, 0.15) is 0 Å². The highest BCUT2D eigenvalue weighted by Crippen LogP contribution is 2.29.